The van der Waals surface area contributed by atoms with Gasteiger partial charge in [0.15, 0.2) is 0 Å². The number of unbranched alkanes of at least 4 members (excludes halogenated alkanes) is 10. The van der Waals surface area contributed by atoms with E-state index in [0.717, 1.165) is 24.2 Å². The van der Waals surface area contributed by atoms with Gasteiger partial charge in [-0.05, 0) is 6.42 Å². The zero-order valence-electron chi connectivity index (χ0n) is 14.8. The zero-order chi connectivity index (χ0) is 15.1. The van der Waals surface area contributed by atoms with Gasteiger partial charge < -0.3 is 9.22 Å². The number of nitrogens with zero attached hydrogens (tertiary/aromatic N) is 1. The normalized spacial score (nSPS) is 12.0. The fourth-order valence-corrected chi connectivity index (χ4v) is 2.31. The molecule has 0 aliphatic rings. The van der Waals surface area contributed by atoms with E-state index in [9.17, 15) is 0 Å². The minimum atomic E-state index is 0.904. The van der Waals surface area contributed by atoms with Crippen molar-refractivity contribution < 1.29 is 9.22 Å². The molecule has 0 unspecified atom stereocenters. The van der Waals surface area contributed by atoms with Crippen LogP contribution in [0.25, 0.3) is 0 Å². The highest BCUT2D eigenvalue weighted by molar-refractivity contribution is 4.48. The van der Waals surface area contributed by atoms with Gasteiger partial charge in [-0.15, -0.1) is 0 Å². The molecule has 0 aromatic rings. The van der Waals surface area contributed by atoms with E-state index in [4.69, 9.17) is 4.74 Å². The molecule has 0 rings (SSSR count). The molecule has 0 aromatic heterocycles. The predicted molar refractivity (Wildman–Crippen MR) is 90.2 cm³/mol. The molecule has 0 atom stereocenters. The van der Waals surface area contributed by atoms with Crippen LogP contribution in [0, 0.1) is 0 Å². The first-order valence-corrected chi connectivity index (χ1v) is 8.94. The lowest BCUT2D eigenvalue weighted by molar-refractivity contribution is -0.870. The van der Waals surface area contributed by atoms with Crippen LogP contribution in [0.1, 0.15) is 77.6 Å². The molecule has 0 saturated carbocycles. The first-order valence-electron chi connectivity index (χ1n) is 8.94. The van der Waals surface area contributed by atoms with Gasteiger partial charge >= 0.3 is 0 Å². The molecule has 2 heteroatoms. The number of likely N-dealkylation sites (N-methyl/N-ethyl adjacent to an activating group) is 1. The molecule has 0 aromatic carbocycles. The third-order valence-electron chi connectivity index (χ3n) is 3.80. The molecule has 20 heavy (non-hydrogen) atoms. The van der Waals surface area contributed by atoms with Gasteiger partial charge in [0.25, 0.3) is 0 Å². The fraction of sp³-hybridized carbons (Fsp3) is 1.00. The van der Waals surface area contributed by atoms with Gasteiger partial charge in [0.05, 0.1) is 27.7 Å². The van der Waals surface area contributed by atoms with Crippen molar-refractivity contribution in [2.75, 3.05) is 40.9 Å². The minimum Gasteiger partial charge on any atom is -0.376 e. The van der Waals surface area contributed by atoms with Crippen molar-refractivity contribution in [3.63, 3.8) is 0 Å². The molecule has 0 spiro atoms. The van der Waals surface area contributed by atoms with E-state index in [-0.39, 0.29) is 0 Å². The van der Waals surface area contributed by atoms with Crippen LogP contribution in [0.15, 0.2) is 0 Å². The first kappa shape index (κ1) is 19.9. The molecule has 0 heterocycles. The Balaban J connectivity index is 2.99. The molecule has 0 aliphatic heterocycles. The Morgan fingerprint density at radius 2 is 1.05 bits per heavy atom. The van der Waals surface area contributed by atoms with Crippen molar-refractivity contribution >= 4 is 0 Å². The second-order valence-electron chi connectivity index (χ2n) is 7.16. The summed E-state index contributed by atoms with van der Waals surface area (Å²) in [6.45, 7) is 5.25. The Morgan fingerprint density at radius 1 is 0.600 bits per heavy atom. The van der Waals surface area contributed by atoms with E-state index >= 15 is 0 Å². The molecular formula is C18H40NO+. The van der Waals surface area contributed by atoms with Crippen LogP contribution < -0.4 is 0 Å². The van der Waals surface area contributed by atoms with Crippen molar-refractivity contribution in [3.8, 4) is 0 Å². The average molecular weight is 287 g/mol. The van der Waals surface area contributed by atoms with Crippen molar-refractivity contribution in [3.05, 3.63) is 0 Å². The number of hydrogen-bond donors (Lipinski definition) is 0. The molecule has 2 nitrogen and oxygen atoms in total. The molecule has 122 valence electrons. The summed E-state index contributed by atoms with van der Waals surface area (Å²) in [5.41, 5.74) is 0. The molecule has 0 fully saturated rings. The van der Waals surface area contributed by atoms with Gasteiger partial charge in [-0.1, -0.05) is 71.1 Å². The third-order valence-corrected chi connectivity index (χ3v) is 3.80. The Bertz CT molecular complexity index is 186. The van der Waals surface area contributed by atoms with Gasteiger partial charge in [-0.3, -0.25) is 0 Å². The zero-order valence-corrected chi connectivity index (χ0v) is 14.8. The monoisotopic (exact) mass is 286 g/mol. The minimum absolute atomic E-state index is 0.904. The van der Waals surface area contributed by atoms with Crippen LogP contribution in [0.4, 0.5) is 0 Å². The van der Waals surface area contributed by atoms with Crippen molar-refractivity contribution in [2.45, 2.75) is 77.6 Å². The molecule has 0 bridgehead atoms. The summed E-state index contributed by atoms with van der Waals surface area (Å²) in [4.78, 5) is 0. The lowest BCUT2D eigenvalue weighted by Gasteiger charge is -2.23. The van der Waals surface area contributed by atoms with Crippen LogP contribution in [0.3, 0.4) is 0 Å². The summed E-state index contributed by atoms with van der Waals surface area (Å²) >= 11 is 0. The summed E-state index contributed by atoms with van der Waals surface area (Å²) in [7, 11) is 6.64. The Labute approximate surface area is 128 Å². The SMILES string of the molecule is CCCCCCCCCCCCCOCC[N+](C)(C)C. The molecular weight excluding hydrogens is 246 g/mol. The smallest absolute Gasteiger partial charge is 0.102 e. The first-order chi connectivity index (χ1) is 9.56. The second-order valence-corrected chi connectivity index (χ2v) is 7.16. The summed E-state index contributed by atoms with van der Waals surface area (Å²) in [5.74, 6) is 0. The van der Waals surface area contributed by atoms with E-state index in [1.165, 1.54) is 70.6 Å². The lowest BCUT2D eigenvalue weighted by atomic mass is 10.1. The summed E-state index contributed by atoms with van der Waals surface area (Å²) < 4.78 is 6.67. The molecule has 0 saturated heterocycles. The molecule has 0 aliphatic carbocycles. The molecule has 0 radical (unpaired) electrons. The highest BCUT2D eigenvalue weighted by atomic mass is 16.5. The van der Waals surface area contributed by atoms with Crippen LogP contribution in [0.5, 0.6) is 0 Å². The predicted octanol–water partition coefficient (Wildman–Crippen LogP) is 5.02. The molecule has 0 N–H and O–H groups in total. The van der Waals surface area contributed by atoms with E-state index in [0.29, 0.717) is 0 Å². The summed E-state index contributed by atoms with van der Waals surface area (Å²) in [6, 6.07) is 0. The number of ether oxygens (including phenoxy) is 1. The van der Waals surface area contributed by atoms with Gasteiger partial charge in [-0.2, -0.15) is 0 Å². The second kappa shape index (κ2) is 13.9. The van der Waals surface area contributed by atoms with Gasteiger partial charge in [-0.25, -0.2) is 0 Å². The van der Waals surface area contributed by atoms with E-state index in [2.05, 4.69) is 28.1 Å². The summed E-state index contributed by atoms with van der Waals surface area (Å²) in [6.07, 6.45) is 15.4. The average Bonchev–Trinajstić information content (AvgIpc) is 2.38. The number of rotatable bonds is 15. The third kappa shape index (κ3) is 17.9. The highest BCUT2D eigenvalue weighted by Gasteiger charge is 2.05. The van der Waals surface area contributed by atoms with Crippen molar-refractivity contribution in [1.29, 1.82) is 0 Å². The topological polar surface area (TPSA) is 9.23 Å². The van der Waals surface area contributed by atoms with Gasteiger partial charge in [0, 0.05) is 6.61 Å². The van der Waals surface area contributed by atoms with Crippen LogP contribution >= 0.6 is 0 Å². The van der Waals surface area contributed by atoms with Crippen molar-refractivity contribution in [2.24, 2.45) is 0 Å². The summed E-state index contributed by atoms with van der Waals surface area (Å²) in [5, 5.41) is 0. The van der Waals surface area contributed by atoms with Gasteiger partial charge in [0.2, 0.25) is 0 Å². The lowest BCUT2D eigenvalue weighted by Crippen LogP contribution is -2.37. The maximum atomic E-state index is 5.68. The van der Waals surface area contributed by atoms with E-state index < -0.39 is 0 Å². The van der Waals surface area contributed by atoms with Crippen LogP contribution in [-0.2, 0) is 4.74 Å². The van der Waals surface area contributed by atoms with Gasteiger partial charge in [0.1, 0.15) is 6.54 Å². The maximum Gasteiger partial charge on any atom is 0.102 e. The molecule has 0 amide bonds. The Kier molecular flexibility index (Phi) is 13.8. The standard InChI is InChI=1S/C18H40NO/c1-5-6-7-8-9-10-11-12-13-14-15-17-20-18-16-19(2,3)4/h5-18H2,1-4H3/q+1. The van der Waals surface area contributed by atoms with Crippen molar-refractivity contribution in [1.82, 2.24) is 0 Å². The van der Waals surface area contributed by atoms with E-state index in [1.54, 1.807) is 0 Å². The number of quaternary nitrogens is 1. The Morgan fingerprint density at radius 3 is 1.50 bits per heavy atom. The fourth-order valence-electron chi connectivity index (χ4n) is 2.31. The highest BCUT2D eigenvalue weighted by Crippen LogP contribution is 2.11. The quantitative estimate of drug-likeness (QED) is 0.303. The maximum absolute atomic E-state index is 5.68. The van der Waals surface area contributed by atoms with Crippen LogP contribution in [0.2, 0.25) is 0 Å². The van der Waals surface area contributed by atoms with Crippen LogP contribution in [-0.4, -0.2) is 45.4 Å². The number of hydrogen-bond acceptors (Lipinski definition) is 1. The van der Waals surface area contributed by atoms with E-state index in [1.807, 2.05) is 0 Å². The Hall–Kier alpha value is -0.0800. The largest absolute Gasteiger partial charge is 0.376 e.